The second-order valence-electron chi connectivity index (χ2n) is 6.06. The Labute approximate surface area is 129 Å². The summed E-state index contributed by atoms with van der Waals surface area (Å²) in [6.07, 6.45) is 1.50. The van der Waals surface area contributed by atoms with Gasteiger partial charge in [0, 0.05) is 49.9 Å². The minimum Gasteiger partial charge on any atom is -0.353 e. The van der Waals surface area contributed by atoms with Crippen LogP contribution in [0.3, 0.4) is 0 Å². The van der Waals surface area contributed by atoms with Gasteiger partial charge in [-0.15, -0.1) is 0 Å². The van der Waals surface area contributed by atoms with Gasteiger partial charge in [0.15, 0.2) is 11.6 Å². The highest BCUT2D eigenvalue weighted by Gasteiger charge is 2.21. The summed E-state index contributed by atoms with van der Waals surface area (Å²) in [5.41, 5.74) is 4.21. The van der Waals surface area contributed by atoms with Gasteiger partial charge < -0.3 is 10.2 Å². The minimum atomic E-state index is 0.264. The molecular formula is C17H20N4O. The summed E-state index contributed by atoms with van der Waals surface area (Å²) in [6.45, 7) is 6.08. The lowest BCUT2D eigenvalue weighted by molar-refractivity contribution is 0.0994. The van der Waals surface area contributed by atoms with Gasteiger partial charge in [-0.1, -0.05) is 0 Å². The zero-order chi connectivity index (χ0) is 15.1. The van der Waals surface area contributed by atoms with Gasteiger partial charge in [-0.25, -0.2) is 4.68 Å². The lowest BCUT2D eigenvalue weighted by atomic mass is 10.1. The normalized spacial score (nSPS) is 17.9. The van der Waals surface area contributed by atoms with Gasteiger partial charge in [-0.2, -0.15) is 5.10 Å². The molecule has 2 aliphatic rings. The standard InChI is InChI=1S/C17H20N4O/c1-12-10-17(20-8-6-18-7-9-20)19-21(12)14-3-4-15-13(11-14)2-5-16(15)22/h3-4,10-11,18H,2,5-9H2,1H3. The Morgan fingerprint density at radius 2 is 1.95 bits per heavy atom. The first-order valence-corrected chi connectivity index (χ1v) is 7.91. The van der Waals surface area contributed by atoms with E-state index in [-0.39, 0.29) is 5.78 Å². The van der Waals surface area contributed by atoms with E-state index in [1.165, 1.54) is 0 Å². The van der Waals surface area contributed by atoms with E-state index >= 15 is 0 Å². The average molecular weight is 296 g/mol. The van der Waals surface area contributed by atoms with Crippen LogP contribution in [0.5, 0.6) is 0 Å². The number of ketones is 1. The third-order valence-electron chi connectivity index (χ3n) is 4.57. The third kappa shape index (κ3) is 2.22. The molecule has 4 rings (SSSR count). The van der Waals surface area contributed by atoms with E-state index in [0.29, 0.717) is 6.42 Å². The van der Waals surface area contributed by atoms with Crippen LogP contribution in [0.2, 0.25) is 0 Å². The quantitative estimate of drug-likeness (QED) is 0.917. The number of carbonyl (C=O) groups is 1. The molecule has 1 aromatic carbocycles. The Morgan fingerprint density at radius 3 is 2.77 bits per heavy atom. The number of hydrogen-bond acceptors (Lipinski definition) is 4. The van der Waals surface area contributed by atoms with Crippen molar-refractivity contribution in [2.75, 3.05) is 31.1 Å². The number of piperazine rings is 1. The van der Waals surface area contributed by atoms with Gasteiger partial charge >= 0.3 is 0 Å². The first-order valence-electron chi connectivity index (χ1n) is 7.91. The fourth-order valence-corrected chi connectivity index (χ4v) is 3.34. The van der Waals surface area contributed by atoms with Crippen molar-refractivity contribution in [3.8, 4) is 5.69 Å². The number of nitrogens with one attached hydrogen (secondary N) is 1. The van der Waals surface area contributed by atoms with Crippen molar-refractivity contribution in [3.05, 3.63) is 41.1 Å². The van der Waals surface area contributed by atoms with Gasteiger partial charge in [-0.3, -0.25) is 4.79 Å². The van der Waals surface area contributed by atoms with Crippen molar-refractivity contribution in [3.63, 3.8) is 0 Å². The number of hydrogen-bond donors (Lipinski definition) is 1. The number of aryl methyl sites for hydroxylation is 2. The Morgan fingerprint density at radius 1 is 1.14 bits per heavy atom. The molecule has 0 spiro atoms. The summed E-state index contributed by atoms with van der Waals surface area (Å²) in [4.78, 5) is 14.1. The number of Topliss-reactive ketones (excluding diaryl/α,β-unsaturated/α-hetero) is 1. The fraction of sp³-hybridized carbons (Fsp3) is 0.412. The molecule has 0 atom stereocenters. The molecule has 1 aliphatic heterocycles. The first-order chi connectivity index (χ1) is 10.7. The van der Waals surface area contributed by atoms with E-state index < -0.39 is 0 Å². The van der Waals surface area contributed by atoms with Crippen molar-refractivity contribution in [1.82, 2.24) is 15.1 Å². The maximum Gasteiger partial charge on any atom is 0.163 e. The molecule has 0 bridgehead atoms. The molecule has 1 N–H and O–H groups in total. The molecule has 1 aromatic heterocycles. The summed E-state index contributed by atoms with van der Waals surface area (Å²) >= 11 is 0. The number of benzene rings is 1. The molecule has 1 fully saturated rings. The van der Waals surface area contributed by atoms with Gasteiger partial charge in [0.2, 0.25) is 0 Å². The SMILES string of the molecule is Cc1cc(N2CCNCC2)nn1-c1ccc2c(c1)CCC2=O. The molecule has 5 heteroatoms. The number of carbonyl (C=O) groups excluding carboxylic acids is 1. The highest BCUT2D eigenvalue weighted by atomic mass is 16.1. The van der Waals surface area contributed by atoms with E-state index in [1.54, 1.807) is 0 Å². The summed E-state index contributed by atoms with van der Waals surface area (Å²) in [5.74, 6) is 1.30. The summed E-state index contributed by atoms with van der Waals surface area (Å²) in [6, 6.07) is 8.21. The molecule has 0 radical (unpaired) electrons. The summed E-state index contributed by atoms with van der Waals surface area (Å²) in [7, 11) is 0. The van der Waals surface area contributed by atoms with Crippen LogP contribution in [-0.2, 0) is 6.42 Å². The van der Waals surface area contributed by atoms with Gasteiger partial charge in [-0.05, 0) is 37.1 Å². The van der Waals surface area contributed by atoms with E-state index in [1.807, 2.05) is 16.8 Å². The van der Waals surface area contributed by atoms with Crippen LogP contribution in [0.25, 0.3) is 5.69 Å². The molecule has 1 aliphatic carbocycles. The molecular weight excluding hydrogens is 276 g/mol. The lowest BCUT2D eigenvalue weighted by Gasteiger charge is -2.27. The van der Waals surface area contributed by atoms with Crippen LogP contribution in [0, 0.1) is 6.92 Å². The number of nitrogens with zero attached hydrogens (tertiary/aromatic N) is 3. The Balaban J connectivity index is 1.68. The van der Waals surface area contributed by atoms with Crippen LogP contribution in [0.1, 0.15) is 28.0 Å². The van der Waals surface area contributed by atoms with Crippen LogP contribution in [-0.4, -0.2) is 41.7 Å². The zero-order valence-corrected chi connectivity index (χ0v) is 12.8. The average Bonchev–Trinajstić information content (AvgIpc) is 3.11. The van der Waals surface area contributed by atoms with Crippen molar-refractivity contribution in [2.24, 2.45) is 0 Å². The predicted octanol–water partition coefficient (Wildman–Crippen LogP) is 1.72. The molecule has 22 heavy (non-hydrogen) atoms. The number of aromatic nitrogens is 2. The van der Waals surface area contributed by atoms with E-state index in [2.05, 4.69) is 29.3 Å². The maximum atomic E-state index is 11.8. The smallest absolute Gasteiger partial charge is 0.163 e. The Bertz CT molecular complexity index is 728. The van der Waals surface area contributed by atoms with Crippen LogP contribution in [0.15, 0.2) is 24.3 Å². The molecule has 2 heterocycles. The highest BCUT2D eigenvalue weighted by molar-refractivity contribution is 6.00. The molecule has 0 unspecified atom stereocenters. The van der Waals surface area contributed by atoms with Gasteiger partial charge in [0.1, 0.15) is 0 Å². The lowest BCUT2D eigenvalue weighted by Crippen LogP contribution is -2.43. The largest absolute Gasteiger partial charge is 0.353 e. The number of fused-ring (bicyclic) bond motifs is 1. The van der Waals surface area contributed by atoms with E-state index in [4.69, 9.17) is 5.10 Å². The van der Waals surface area contributed by atoms with Crippen molar-refractivity contribution >= 4 is 11.6 Å². The second-order valence-corrected chi connectivity index (χ2v) is 6.06. The van der Waals surface area contributed by atoms with Crippen LogP contribution >= 0.6 is 0 Å². The van der Waals surface area contributed by atoms with Gasteiger partial charge in [0.05, 0.1) is 5.69 Å². The molecule has 0 saturated carbocycles. The highest BCUT2D eigenvalue weighted by Crippen LogP contribution is 2.26. The monoisotopic (exact) mass is 296 g/mol. The Kier molecular flexibility index (Phi) is 3.22. The third-order valence-corrected chi connectivity index (χ3v) is 4.57. The topological polar surface area (TPSA) is 50.2 Å². The second kappa shape index (κ2) is 5.25. The molecule has 114 valence electrons. The van der Waals surface area contributed by atoms with E-state index in [0.717, 1.165) is 60.9 Å². The maximum absolute atomic E-state index is 11.8. The predicted molar refractivity (Wildman–Crippen MR) is 86.0 cm³/mol. The number of anilines is 1. The van der Waals surface area contributed by atoms with Crippen molar-refractivity contribution in [1.29, 1.82) is 0 Å². The van der Waals surface area contributed by atoms with E-state index in [9.17, 15) is 4.79 Å². The summed E-state index contributed by atoms with van der Waals surface area (Å²) < 4.78 is 1.99. The zero-order valence-electron chi connectivity index (χ0n) is 12.8. The molecule has 5 nitrogen and oxygen atoms in total. The minimum absolute atomic E-state index is 0.264. The molecule has 2 aromatic rings. The van der Waals surface area contributed by atoms with Crippen LogP contribution < -0.4 is 10.2 Å². The Hall–Kier alpha value is -2.14. The van der Waals surface area contributed by atoms with Crippen LogP contribution in [0.4, 0.5) is 5.82 Å². The first kappa shape index (κ1) is 13.5. The van der Waals surface area contributed by atoms with Crippen molar-refractivity contribution < 1.29 is 4.79 Å². The molecule has 1 saturated heterocycles. The van der Waals surface area contributed by atoms with Gasteiger partial charge in [0.25, 0.3) is 0 Å². The summed E-state index contributed by atoms with van der Waals surface area (Å²) in [5, 5.41) is 8.14. The fourth-order valence-electron chi connectivity index (χ4n) is 3.34. The van der Waals surface area contributed by atoms with Crippen molar-refractivity contribution in [2.45, 2.75) is 19.8 Å². The molecule has 0 amide bonds. The number of rotatable bonds is 2.